The van der Waals surface area contributed by atoms with Crippen LogP contribution < -0.4 is 10.1 Å². The van der Waals surface area contributed by atoms with Gasteiger partial charge in [-0.3, -0.25) is 0 Å². The predicted molar refractivity (Wildman–Crippen MR) is 68.7 cm³/mol. The molecular weight excluding hydrogens is 238 g/mol. The van der Waals surface area contributed by atoms with E-state index < -0.39 is 0 Å². The Morgan fingerprint density at radius 1 is 1.59 bits per heavy atom. The molecule has 1 fully saturated rings. The number of hydrogen-bond acceptors (Lipinski definition) is 3. The summed E-state index contributed by atoms with van der Waals surface area (Å²) in [6.45, 7) is 3.93. The van der Waals surface area contributed by atoms with Crippen LogP contribution in [0.25, 0.3) is 0 Å². The van der Waals surface area contributed by atoms with E-state index in [9.17, 15) is 5.11 Å². The Balaban J connectivity index is 2.06. The maximum Gasteiger partial charge on any atom is 0.126 e. The highest BCUT2D eigenvalue weighted by Crippen LogP contribution is 2.25. The van der Waals surface area contributed by atoms with E-state index in [2.05, 4.69) is 5.32 Å². The highest BCUT2D eigenvalue weighted by Gasteiger charge is 2.26. The van der Waals surface area contributed by atoms with Gasteiger partial charge in [0.1, 0.15) is 11.9 Å². The molecule has 3 nitrogen and oxygen atoms in total. The van der Waals surface area contributed by atoms with Gasteiger partial charge in [-0.1, -0.05) is 11.6 Å². The molecule has 0 spiro atoms. The summed E-state index contributed by atoms with van der Waals surface area (Å²) >= 11 is 5.90. The molecule has 1 aromatic rings. The molecule has 1 aliphatic heterocycles. The molecule has 2 rings (SSSR count). The van der Waals surface area contributed by atoms with E-state index in [1.807, 2.05) is 25.1 Å². The average molecular weight is 256 g/mol. The maximum atomic E-state index is 9.41. The molecule has 1 unspecified atom stereocenters. The smallest absolute Gasteiger partial charge is 0.126 e. The molecule has 1 aromatic carbocycles. The lowest BCUT2D eigenvalue weighted by Gasteiger charge is -2.23. The van der Waals surface area contributed by atoms with Gasteiger partial charge >= 0.3 is 0 Å². The van der Waals surface area contributed by atoms with Crippen LogP contribution in [0.5, 0.6) is 5.75 Å². The van der Waals surface area contributed by atoms with E-state index in [-0.39, 0.29) is 12.7 Å². The number of hydrogen-bond donors (Lipinski definition) is 2. The van der Waals surface area contributed by atoms with Crippen molar-refractivity contribution in [3.05, 3.63) is 28.8 Å². The molecule has 1 saturated heterocycles. The Hall–Kier alpha value is -0.770. The first-order chi connectivity index (χ1) is 8.20. The van der Waals surface area contributed by atoms with Gasteiger partial charge in [0.2, 0.25) is 0 Å². The summed E-state index contributed by atoms with van der Waals surface area (Å²) in [6, 6.07) is 5.55. The zero-order valence-corrected chi connectivity index (χ0v) is 10.7. The summed E-state index contributed by atoms with van der Waals surface area (Å²) < 4.78 is 5.88. The van der Waals surface area contributed by atoms with Gasteiger partial charge in [-0.05, 0) is 43.7 Å². The Morgan fingerprint density at radius 2 is 2.41 bits per heavy atom. The number of halogens is 1. The van der Waals surface area contributed by atoms with E-state index in [1.54, 1.807) is 0 Å². The van der Waals surface area contributed by atoms with Crippen molar-refractivity contribution in [2.75, 3.05) is 19.7 Å². The fourth-order valence-electron chi connectivity index (χ4n) is 2.19. The minimum Gasteiger partial charge on any atom is -0.487 e. The van der Waals surface area contributed by atoms with Gasteiger partial charge in [0.05, 0.1) is 6.61 Å². The molecule has 0 aliphatic carbocycles. The van der Waals surface area contributed by atoms with Crippen molar-refractivity contribution in [2.24, 2.45) is 5.92 Å². The van der Waals surface area contributed by atoms with Gasteiger partial charge in [0.15, 0.2) is 0 Å². The standard InChI is InChI=1S/C13H18ClNO2/c1-9-6-11(14)2-3-12(9)17-13(8-16)10-4-5-15-7-10/h2-3,6,10,13,15-16H,4-5,7-8H2,1H3/t10?,13-/m1/s1. The number of rotatable bonds is 4. The summed E-state index contributed by atoms with van der Waals surface area (Å²) in [6.07, 6.45) is 0.919. The number of benzene rings is 1. The minimum absolute atomic E-state index is 0.0500. The zero-order chi connectivity index (χ0) is 12.3. The van der Waals surface area contributed by atoms with E-state index in [4.69, 9.17) is 16.3 Å². The van der Waals surface area contributed by atoms with Crippen LogP contribution in [0.15, 0.2) is 18.2 Å². The van der Waals surface area contributed by atoms with E-state index in [0.717, 1.165) is 30.8 Å². The van der Waals surface area contributed by atoms with Crippen molar-refractivity contribution in [2.45, 2.75) is 19.4 Å². The second kappa shape index (κ2) is 5.71. The summed E-state index contributed by atoms with van der Waals surface area (Å²) in [4.78, 5) is 0. The Bertz CT molecular complexity index is 378. The van der Waals surface area contributed by atoms with Gasteiger partial charge < -0.3 is 15.2 Å². The quantitative estimate of drug-likeness (QED) is 0.865. The molecule has 4 heteroatoms. The molecule has 2 atom stereocenters. The first-order valence-corrected chi connectivity index (χ1v) is 6.33. The predicted octanol–water partition coefficient (Wildman–Crippen LogP) is 2.00. The lowest BCUT2D eigenvalue weighted by Crippen LogP contribution is -2.32. The van der Waals surface area contributed by atoms with Crippen LogP contribution in [0, 0.1) is 12.8 Å². The lowest BCUT2D eigenvalue weighted by atomic mass is 10.0. The number of nitrogens with one attached hydrogen (secondary N) is 1. The third kappa shape index (κ3) is 3.12. The van der Waals surface area contributed by atoms with Crippen molar-refractivity contribution in [3.8, 4) is 5.75 Å². The number of ether oxygens (including phenoxy) is 1. The zero-order valence-electron chi connectivity index (χ0n) is 9.95. The molecule has 1 aliphatic rings. The Kier molecular flexibility index (Phi) is 4.26. The number of aliphatic hydroxyl groups excluding tert-OH is 1. The molecule has 17 heavy (non-hydrogen) atoms. The molecule has 0 radical (unpaired) electrons. The molecule has 0 amide bonds. The van der Waals surface area contributed by atoms with Crippen LogP contribution in [0.3, 0.4) is 0 Å². The monoisotopic (exact) mass is 255 g/mol. The third-order valence-corrected chi connectivity index (χ3v) is 3.45. The van der Waals surface area contributed by atoms with Gasteiger partial charge in [-0.25, -0.2) is 0 Å². The van der Waals surface area contributed by atoms with Gasteiger partial charge in [0.25, 0.3) is 0 Å². The van der Waals surface area contributed by atoms with E-state index in [0.29, 0.717) is 10.9 Å². The van der Waals surface area contributed by atoms with Crippen LogP contribution in [-0.4, -0.2) is 30.9 Å². The molecule has 0 bridgehead atoms. The second-order valence-corrected chi connectivity index (χ2v) is 4.94. The minimum atomic E-state index is -0.134. The van der Waals surface area contributed by atoms with Crippen molar-refractivity contribution < 1.29 is 9.84 Å². The lowest BCUT2D eigenvalue weighted by molar-refractivity contribution is 0.0736. The molecule has 2 N–H and O–H groups in total. The SMILES string of the molecule is Cc1cc(Cl)ccc1O[C@H](CO)C1CCNC1. The van der Waals surface area contributed by atoms with Crippen LogP contribution in [0.4, 0.5) is 0 Å². The summed E-state index contributed by atoms with van der Waals surface area (Å²) in [5.41, 5.74) is 1.00. The van der Waals surface area contributed by atoms with Gasteiger partial charge in [-0.2, -0.15) is 0 Å². The van der Waals surface area contributed by atoms with Gasteiger partial charge in [-0.15, -0.1) is 0 Å². The van der Waals surface area contributed by atoms with Crippen LogP contribution >= 0.6 is 11.6 Å². The first-order valence-electron chi connectivity index (χ1n) is 5.95. The maximum absolute atomic E-state index is 9.41. The normalized spacial score (nSPS) is 21.5. The van der Waals surface area contributed by atoms with E-state index >= 15 is 0 Å². The summed E-state index contributed by atoms with van der Waals surface area (Å²) in [5, 5.41) is 13.4. The fraction of sp³-hybridized carbons (Fsp3) is 0.538. The van der Waals surface area contributed by atoms with Crippen molar-refractivity contribution in [3.63, 3.8) is 0 Å². The third-order valence-electron chi connectivity index (χ3n) is 3.22. The highest BCUT2D eigenvalue weighted by atomic mass is 35.5. The van der Waals surface area contributed by atoms with Gasteiger partial charge in [0, 0.05) is 17.5 Å². The number of aliphatic hydroxyl groups is 1. The average Bonchev–Trinajstić information content (AvgIpc) is 2.81. The van der Waals surface area contributed by atoms with Crippen molar-refractivity contribution in [1.82, 2.24) is 5.32 Å². The fourth-order valence-corrected chi connectivity index (χ4v) is 2.41. The number of aryl methyl sites for hydroxylation is 1. The molecular formula is C13H18ClNO2. The second-order valence-electron chi connectivity index (χ2n) is 4.50. The van der Waals surface area contributed by atoms with Crippen LogP contribution in [0.2, 0.25) is 5.02 Å². The topological polar surface area (TPSA) is 41.5 Å². The van der Waals surface area contributed by atoms with Crippen LogP contribution in [0.1, 0.15) is 12.0 Å². The molecule has 1 heterocycles. The molecule has 0 aromatic heterocycles. The van der Waals surface area contributed by atoms with Crippen LogP contribution in [-0.2, 0) is 0 Å². The van der Waals surface area contributed by atoms with Crippen molar-refractivity contribution >= 4 is 11.6 Å². The summed E-state index contributed by atoms with van der Waals surface area (Å²) in [5.74, 6) is 1.19. The molecule has 0 saturated carbocycles. The highest BCUT2D eigenvalue weighted by molar-refractivity contribution is 6.30. The Labute approximate surface area is 107 Å². The Morgan fingerprint density at radius 3 is 3.00 bits per heavy atom. The summed E-state index contributed by atoms with van der Waals surface area (Å²) in [7, 11) is 0. The van der Waals surface area contributed by atoms with Crippen molar-refractivity contribution in [1.29, 1.82) is 0 Å². The largest absolute Gasteiger partial charge is 0.487 e. The molecule has 94 valence electrons. The first kappa shape index (κ1) is 12.7. The van der Waals surface area contributed by atoms with E-state index in [1.165, 1.54) is 0 Å².